The van der Waals surface area contributed by atoms with Crippen LogP contribution in [0.15, 0.2) is 48.5 Å². The van der Waals surface area contributed by atoms with E-state index in [1.807, 2.05) is 0 Å². The van der Waals surface area contributed by atoms with Crippen molar-refractivity contribution >= 4 is 11.7 Å². The molecule has 0 radical (unpaired) electrons. The Labute approximate surface area is 156 Å². The molecule has 0 saturated heterocycles. The first-order valence-corrected chi connectivity index (χ1v) is 8.32. The van der Waals surface area contributed by atoms with E-state index in [9.17, 15) is 13.6 Å². The van der Waals surface area contributed by atoms with Crippen molar-refractivity contribution < 1.29 is 27.8 Å². The molecule has 0 bridgehead atoms. The molecule has 146 valence electrons. The maximum atomic E-state index is 12.2. The minimum atomic E-state index is -2.87. The van der Waals surface area contributed by atoms with E-state index in [0.717, 1.165) is 5.56 Å². The Bertz CT molecular complexity index is 726. The average molecular weight is 380 g/mol. The largest absolute Gasteiger partial charge is 0.491 e. The number of alkyl halides is 2. The van der Waals surface area contributed by atoms with Gasteiger partial charge in [0.25, 0.3) is 0 Å². The Morgan fingerprint density at radius 3 is 2.48 bits per heavy atom. The maximum Gasteiger partial charge on any atom is 0.387 e. The monoisotopic (exact) mass is 380 g/mol. The molecule has 1 atom stereocenters. The topological polar surface area (TPSA) is 68.8 Å². The quantitative estimate of drug-likeness (QED) is 0.640. The van der Waals surface area contributed by atoms with Gasteiger partial charge < -0.3 is 24.8 Å². The normalized spacial score (nSPS) is 11.7. The van der Waals surface area contributed by atoms with Crippen molar-refractivity contribution in [3.8, 4) is 11.5 Å². The number of hydrogen-bond donors (Lipinski definition) is 2. The first-order chi connectivity index (χ1) is 13.0. The van der Waals surface area contributed by atoms with Crippen molar-refractivity contribution in [2.24, 2.45) is 0 Å². The Morgan fingerprint density at radius 1 is 1.07 bits per heavy atom. The standard InChI is InChI=1S/C19H22F2N2O4/c1-13(14-6-8-16(9-7-14)27-18(20)21)22-19(24)23-15-4-3-5-17(12-15)26-11-10-25-2/h3-9,12-13,18H,10-11H2,1-2H3,(H2,22,23,24). The highest BCUT2D eigenvalue weighted by atomic mass is 19.3. The van der Waals surface area contributed by atoms with Gasteiger partial charge in [0.1, 0.15) is 18.1 Å². The predicted molar refractivity (Wildman–Crippen MR) is 97.5 cm³/mol. The van der Waals surface area contributed by atoms with E-state index < -0.39 is 12.6 Å². The molecule has 0 saturated carbocycles. The van der Waals surface area contributed by atoms with Crippen LogP contribution in [0, 0.1) is 0 Å². The number of urea groups is 1. The molecule has 2 aromatic carbocycles. The Hall–Kier alpha value is -2.87. The number of carbonyl (C=O) groups is 1. The summed E-state index contributed by atoms with van der Waals surface area (Å²) in [6.45, 7) is -0.204. The summed E-state index contributed by atoms with van der Waals surface area (Å²) in [5.41, 5.74) is 1.33. The molecule has 6 nitrogen and oxygen atoms in total. The third-order valence-corrected chi connectivity index (χ3v) is 3.60. The van der Waals surface area contributed by atoms with E-state index in [0.29, 0.717) is 24.7 Å². The second-order valence-electron chi connectivity index (χ2n) is 5.64. The van der Waals surface area contributed by atoms with Crippen molar-refractivity contribution in [1.82, 2.24) is 5.32 Å². The number of amides is 2. The maximum absolute atomic E-state index is 12.2. The van der Waals surface area contributed by atoms with Crippen LogP contribution in [0.1, 0.15) is 18.5 Å². The van der Waals surface area contributed by atoms with Gasteiger partial charge in [-0.25, -0.2) is 4.79 Å². The fraction of sp³-hybridized carbons (Fsp3) is 0.316. The first kappa shape index (κ1) is 20.4. The van der Waals surface area contributed by atoms with Gasteiger partial charge in [-0.2, -0.15) is 8.78 Å². The Morgan fingerprint density at radius 2 is 1.81 bits per heavy atom. The fourth-order valence-electron chi connectivity index (χ4n) is 2.29. The Balaban J connectivity index is 1.88. The lowest BCUT2D eigenvalue weighted by atomic mass is 10.1. The van der Waals surface area contributed by atoms with Crippen molar-refractivity contribution in [3.63, 3.8) is 0 Å². The molecule has 2 rings (SSSR count). The molecule has 0 aromatic heterocycles. The highest BCUT2D eigenvalue weighted by molar-refractivity contribution is 5.89. The second kappa shape index (κ2) is 10.3. The first-order valence-electron chi connectivity index (χ1n) is 8.32. The van der Waals surface area contributed by atoms with Crippen molar-refractivity contribution in [2.75, 3.05) is 25.6 Å². The SMILES string of the molecule is COCCOc1cccc(NC(=O)NC(C)c2ccc(OC(F)F)cc2)c1. The summed E-state index contributed by atoms with van der Waals surface area (Å²) in [4.78, 5) is 12.2. The molecule has 2 N–H and O–H groups in total. The van der Waals surface area contributed by atoms with Crippen LogP contribution in [0.25, 0.3) is 0 Å². The van der Waals surface area contributed by atoms with Crippen LogP contribution in [-0.2, 0) is 4.74 Å². The number of anilines is 1. The van der Waals surface area contributed by atoms with E-state index in [1.165, 1.54) is 12.1 Å². The molecule has 0 aliphatic rings. The molecule has 0 heterocycles. The van der Waals surface area contributed by atoms with Gasteiger partial charge in [0.2, 0.25) is 0 Å². The summed E-state index contributed by atoms with van der Waals surface area (Å²) in [5, 5.41) is 5.50. The average Bonchev–Trinajstić information content (AvgIpc) is 2.62. The molecule has 0 fully saturated rings. The van der Waals surface area contributed by atoms with E-state index in [2.05, 4.69) is 15.4 Å². The van der Waals surface area contributed by atoms with Crippen LogP contribution < -0.4 is 20.1 Å². The summed E-state index contributed by atoms with van der Waals surface area (Å²) in [7, 11) is 1.59. The summed E-state index contributed by atoms with van der Waals surface area (Å²) in [6.07, 6.45) is 0. The predicted octanol–water partition coefficient (Wildman–Crippen LogP) is 4.20. The lowest BCUT2D eigenvalue weighted by molar-refractivity contribution is -0.0498. The molecule has 1 unspecified atom stereocenters. The number of halogens is 2. The number of ether oxygens (including phenoxy) is 3. The van der Waals surface area contributed by atoms with E-state index in [1.54, 1.807) is 50.4 Å². The zero-order valence-electron chi connectivity index (χ0n) is 15.1. The van der Waals surface area contributed by atoms with Crippen LogP contribution in [0.3, 0.4) is 0 Å². The molecule has 27 heavy (non-hydrogen) atoms. The highest BCUT2D eigenvalue weighted by Gasteiger charge is 2.11. The smallest absolute Gasteiger partial charge is 0.387 e. The fourth-order valence-corrected chi connectivity index (χ4v) is 2.29. The molecule has 2 aromatic rings. The van der Waals surface area contributed by atoms with Gasteiger partial charge in [0.05, 0.1) is 12.6 Å². The van der Waals surface area contributed by atoms with Gasteiger partial charge in [0, 0.05) is 18.9 Å². The number of carbonyl (C=O) groups excluding carboxylic acids is 1. The molecule has 0 aliphatic carbocycles. The van der Waals surface area contributed by atoms with Gasteiger partial charge in [-0.3, -0.25) is 0 Å². The third-order valence-electron chi connectivity index (χ3n) is 3.60. The van der Waals surface area contributed by atoms with Crippen LogP contribution in [0.5, 0.6) is 11.5 Å². The summed E-state index contributed by atoms with van der Waals surface area (Å²) >= 11 is 0. The van der Waals surface area contributed by atoms with E-state index in [-0.39, 0.29) is 11.8 Å². The lowest BCUT2D eigenvalue weighted by Crippen LogP contribution is -2.31. The van der Waals surface area contributed by atoms with Crippen molar-refractivity contribution in [1.29, 1.82) is 0 Å². The zero-order valence-corrected chi connectivity index (χ0v) is 15.1. The number of methoxy groups -OCH3 is 1. The zero-order chi connectivity index (χ0) is 19.6. The highest BCUT2D eigenvalue weighted by Crippen LogP contribution is 2.20. The Kier molecular flexibility index (Phi) is 7.81. The molecule has 0 aliphatic heterocycles. The number of benzene rings is 2. The van der Waals surface area contributed by atoms with Gasteiger partial charge in [-0.1, -0.05) is 18.2 Å². The minimum absolute atomic E-state index is 0.0655. The van der Waals surface area contributed by atoms with Crippen molar-refractivity contribution in [2.45, 2.75) is 19.6 Å². The van der Waals surface area contributed by atoms with Crippen LogP contribution in [0.4, 0.5) is 19.3 Å². The van der Waals surface area contributed by atoms with Gasteiger partial charge in [-0.15, -0.1) is 0 Å². The second-order valence-corrected chi connectivity index (χ2v) is 5.64. The summed E-state index contributed by atoms with van der Waals surface area (Å²) in [5.74, 6) is 0.684. The van der Waals surface area contributed by atoms with E-state index >= 15 is 0 Å². The van der Waals surface area contributed by atoms with Crippen molar-refractivity contribution in [3.05, 3.63) is 54.1 Å². The number of rotatable bonds is 9. The molecular formula is C19H22F2N2O4. The molecular weight excluding hydrogens is 358 g/mol. The van der Waals surface area contributed by atoms with Gasteiger partial charge >= 0.3 is 12.6 Å². The van der Waals surface area contributed by atoms with Gasteiger partial charge in [0.15, 0.2) is 0 Å². The van der Waals surface area contributed by atoms with E-state index in [4.69, 9.17) is 9.47 Å². The molecule has 0 spiro atoms. The summed E-state index contributed by atoms with van der Waals surface area (Å²) in [6, 6.07) is 12.4. The van der Waals surface area contributed by atoms with Crippen LogP contribution in [-0.4, -0.2) is 33.0 Å². The minimum Gasteiger partial charge on any atom is -0.491 e. The third kappa shape index (κ3) is 7.10. The van der Waals surface area contributed by atoms with Crippen LogP contribution in [0.2, 0.25) is 0 Å². The summed E-state index contributed by atoms with van der Waals surface area (Å²) < 4.78 is 39.1. The molecule has 8 heteroatoms. The number of nitrogens with one attached hydrogen (secondary N) is 2. The lowest BCUT2D eigenvalue weighted by Gasteiger charge is -2.16. The number of hydrogen-bond acceptors (Lipinski definition) is 4. The molecule has 2 amide bonds. The van der Waals surface area contributed by atoms with Crippen LogP contribution >= 0.6 is 0 Å². The van der Waals surface area contributed by atoms with Gasteiger partial charge in [-0.05, 0) is 36.8 Å².